The number of ether oxygens (including phenoxy) is 1. The van der Waals surface area contributed by atoms with E-state index in [-0.39, 0.29) is 29.8 Å². The van der Waals surface area contributed by atoms with Gasteiger partial charge in [0.05, 0.1) is 6.61 Å². The van der Waals surface area contributed by atoms with Gasteiger partial charge in [0.25, 0.3) is 0 Å². The minimum atomic E-state index is -0.249. The van der Waals surface area contributed by atoms with Crippen molar-refractivity contribution in [2.45, 2.75) is 26.8 Å². The summed E-state index contributed by atoms with van der Waals surface area (Å²) < 4.78 is 24.6. The van der Waals surface area contributed by atoms with Crippen LogP contribution in [0, 0.1) is 18.7 Å². The largest absolute Gasteiger partial charge is 0.459 e. The van der Waals surface area contributed by atoms with Crippen molar-refractivity contribution in [1.29, 1.82) is 0 Å². The van der Waals surface area contributed by atoms with Gasteiger partial charge in [-0.2, -0.15) is 0 Å². The summed E-state index contributed by atoms with van der Waals surface area (Å²) >= 11 is 0. The number of rotatable bonds is 5. The van der Waals surface area contributed by atoms with E-state index in [2.05, 4.69) is 17.1 Å². The number of aryl methyl sites for hydroxylation is 1. The number of hydrogen-bond donors (Lipinski definition) is 1. The van der Waals surface area contributed by atoms with E-state index >= 15 is 0 Å². The first kappa shape index (κ1) is 21.0. The highest BCUT2D eigenvalue weighted by molar-refractivity contribution is 14.0. The summed E-state index contributed by atoms with van der Waals surface area (Å²) in [7, 11) is 1.75. The molecule has 2 heterocycles. The summed E-state index contributed by atoms with van der Waals surface area (Å²) in [6.07, 6.45) is 1.11. The van der Waals surface area contributed by atoms with Gasteiger partial charge in [-0.05, 0) is 38.5 Å². The third-order valence-electron chi connectivity index (χ3n) is 4.69. The first-order chi connectivity index (χ1) is 12.1. The quantitative estimate of drug-likeness (QED) is 0.405. The van der Waals surface area contributed by atoms with Crippen LogP contribution in [0.3, 0.4) is 0 Å². The van der Waals surface area contributed by atoms with Crippen molar-refractivity contribution in [2.75, 3.05) is 33.4 Å². The lowest BCUT2D eigenvalue weighted by atomic mass is 10.1. The van der Waals surface area contributed by atoms with Gasteiger partial charge in [0.1, 0.15) is 23.7 Å². The second-order valence-corrected chi connectivity index (χ2v) is 6.52. The number of benzene rings is 1. The molecule has 1 aromatic heterocycles. The third-order valence-corrected chi connectivity index (χ3v) is 4.69. The zero-order chi connectivity index (χ0) is 17.8. The van der Waals surface area contributed by atoms with Gasteiger partial charge >= 0.3 is 0 Å². The number of aliphatic imine (C=N–C) groups is 1. The topological polar surface area (TPSA) is 50.0 Å². The van der Waals surface area contributed by atoms with Crippen LogP contribution >= 0.6 is 24.0 Å². The maximum absolute atomic E-state index is 13.4. The molecule has 1 N–H and O–H groups in total. The summed E-state index contributed by atoms with van der Waals surface area (Å²) in [4.78, 5) is 7.01. The van der Waals surface area contributed by atoms with Gasteiger partial charge in [0, 0.05) is 43.6 Å². The van der Waals surface area contributed by atoms with Gasteiger partial charge in [-0.25, -0.2) is 9.38 Å². The molecule has 0 spiro atoms. The summed E-state index contributed by atoms with van der Waals surface area (Å²) in [6, 6.07) is 4.61. The molecule has 0 radical (unpaired) electrons. The van der Waals surface area contributed by atoms with Gasteiger partial charge < -0.3 is 19.4 Å². The number of guanidine groups is 1. The highest BCUT2D eigenvalue weighted by Gasteiger charge is 2.24. The molecular formula is C19H27FIN3O2. The molecule has 1 atom stereocenters. The smallest absolute Gasteiger partial charge is 0.194 e. The first-order valence-electron chi connectivity index (χ1n) is 8.82. The number of likely N-dealkylation sites (tertiary alicyclic amines) is 1. The predicted octanol–water partition coefficient (Wildman–Crippen LogP) is 3.93. The summed E-state index contributed by atoms with van der Waals surface area (Å²) in [6.45, 7) is 7.98. The van der Waals surface area contributed by atoms with E-state index in [1.54, 1.807) is 13.2 Å². The maximum Gasteiger partial charge on any atom is 0.194 e. The molecule has 1 aromatic carbocycles. The monoisotopic (exact) mass is 475 g/mol. The van der Waals surface area contributed by atoms with Crippen LogP contribution in [0.15, 0.2) is 27.6 Å². The number of nitrogens with one attached hydrogen (secondary N) is 1. The van der Waals surface area contributed by atoms with E-state index in [0.29, 0.717) is 18.0 Å². The summed E-state index contributed by atoms with van der Waals surface area (Å²) in [5.74, 6) is 1.97. The molecule has 0 amide bonds. The van der Waals surface area contributed by atoms with Crippen LogP contribution in [0.5, 0.6) is 0 Å². The Balaban J connectivity index is 0.00000243. The van der Waals surface area contributed by atoms with E-state index in [1.165, 1.54) is 12.1 Å². The zero-order valence-corrected chi connectivity index (χ0v) is 17.9. The van der Waals surface area contributed by atoms with E-state index in [4.69, 9.17) is 14.1 Å². The van der Waals surface area contributed by atoms with Gasteiger partial charge in [-0.1, -0.05) is 0 Å². The Kier molecular flexibility index (Phi) is 7.69. The lowest BCUT2D eigenvalue weighted by molar-refractivity contribution is 0.157. The minimum absolute atomic E-state index is 0. The number of fused-ring (bicyclic) bond motifs is 1. The SMILES string of the molecule is CCNC(=NCc1oc2ccc(F)cc2c1C)N1CCC(COC)C1.I. The fourth-order valence-corrected chi connectivity index (χ4v) is 3.36. The molecule has 144 valence electrons. The Morgan fingerprint density at radius 2 is 2.27 bits per heavy atom. The summed E-state index contributed by atoms with van der Waals surface area (Å²) in [5, 5.41) is 4.17. The van der Waals surface area contributed by atoms with Crippen molar-refractivity contribution in [3.05, 3.63) is 35.3 Å². The molecule has 7 heteroatoms. The van der Waals surface area contributed by atoms with Crippen LogP contribution in [0.1, 0.15) is 24.7 Å². The second-order valence-electron chi connectivity index (χ2n) is 6.52. The molecule has 1 aliphatic rings. The Morgan fingerprint density at radius 1 is 1.46 bits per heavy atom. The average molecular weight is 475 g/mol. The Bertz CT molecular complexity index is 763. The lowest BCUT2D eigenvalue weighted by Gasteiger charge is -2.21. The van der Waals surface area contributed by atoms with Gasteiger partial charge in [0.15, 0.2) is 5.96 Å². The normalized spacial score (nSPS) is 17.6. The number of nitrogens with zero attached hydrogens (tertiary/aromatic N) is 2. The number of hydrogen-bond acceptors (Lipinski definition) is 3. The van der Waals surface area contributed by atoms with Crippen LogP contribution in [0.2, 0.25) is 0 Å². The fourth-order valence-electron chi connectivity index (χ4n) is 3.36. The highest BCUT2D eigenvalue weighted by atomic mass is 127. The molecule has 5 nitrogen and oxygen atoms in total. The molecule has 0 saturated carbocycles. The van der Waals surface area contributed by atoms with E-state index in [1.807, 2.05) is 6.92 Å². The van der Waals surface area contributed by atoms with Gasteiger partial charge in [-0.15, -0.1) is 24.0 Å². The summed E-state index contributed by atoms with van der Waals surface area (Å²) in [5.41, 5.74) is 1.66. The van der Waals surface area contributed by atoms with Crippen molar-refractivity contribution in [3.63, 3.8) is 0 Å². The molecule has 1 aliphatic heterocycles. The van der Waals surface area contributed by atoms with Crippen LogP contribution in [0.25, 0.3) is 11.0 Å². The maximum atomic E-state index is 13.4. The lowest BCUT2D eigenvalue weighted by Crippen LogP contribution is -2.40. The highest BCUT2D eigenvalue weighted by Crippen LogP contribution is 2.26. The van der Waals surface area contributed by atoms with Crippen LogP contribution in [-0.4, -0.2) is 44.2 Å². The molecule has 2 aromatic rings. The molecule has 1 unspecified atom stereocenters. The van der Waals surface area contributed by atoms with Gasteiger partial charge in [-0.3, -0.25) is 0 Å². The van der Waals surface area contributed by atoms with E-state index in [9.17, 15) is 4.39 Å². The third kappa shape index (κ3) is 4.68. The molecule has 1 saturated heterocycles. The zero-order valence-electron chi connectivity index (χ0n) is 15.5. The van der Waals surface area contributed by atoms with Crippen molar-refractivity contribution < 1.29 is 13.5 Å². The van der Waals surface area contributed by atoms with E-state index < -0.39 is 0 Å². The number of halogens is 2. The van der Waals surface area contributed by atoms with Crippen molar-refractivity contribution in [2.24, 2.45) is 10.9 Å². The fraction of sp³-hybridized carbons (Fsp3) is 0.526. The van der Waals surface area contributed by atoms with E-state index in [0.717, 1.165) is 55.3 Å². The predicted molar refractivity (Wildman–Crippen MR) is 113 cm³/mol. The van der Waals surface area contributed by atoms with Crippen molar-refractivity contribution in [1.82, 2.24) is 10.2 Å². The van der Waals surface area contributed by atoms with Crippen LogP contribution in [0.4, 0.5) is 4.39 Å². The molecule has 0 bridgehead atoms. The second kappa shape index (κ2) is 9.55. The Morgan fingerprint density at radius 3 is 3.00 bits per heavy atom. The molecule has 26 heavy (non-hydrogen) atoms. The molecule has 0 aliphatic carbocycles. The standard InChI is InChI=1S/C19H26FN3O2.HI/c1-4-21-19(23-8-7-14(11-23)12-24-3)22-10-18-13(2)16-9-15(20)5-6-17(16)25-18;/h5-6,9,14H,4,7-8,10-12H2,1-3H3,(H,21,22);1H. The molecule has 1 fully saturated rings. The Hall–Kier alpha value is -1.35. The average Bonchev–Trinajstić information content (AvgIpc) is 3.18. The molecular weight excluding hydrogens is 448 g/mol. The molecule has 3 rings (SSSR count). The Labute approximate surface area is 171 Å². The number of furan rings is 1. The van der Waals surface area contributed by atoms with Crippen LogP contribution < -0.4 is 5.32 Å². The number of methoxy groups -OCH3 is 1. The van der Waals surface area contributed by atoms with Crippen molar-refractivity contribution >= 4 is 40.9 Å². The van der Waals surface area contributed by atoms with Gasteiger partial charge in [0.2, 0.25) is 0 Å². The van der Waals surface area contributed by atoms with Crippen molar-refractivity contribution in [3.8, 4) is 0 Å². The van der Waals surface area contributed by atoms with Crippen LogP contribution in [-0.2, 0) is 11.3 Å². The first-order valence-corrected chi connectivity index (χ1v) is 8.82. The minimum Gasteiger partial charge on any atom is -0.459 e.